The van der Waals surface area contributed by atoms with E-state index in [0.29, 0.717) is 16.8 Å². The van der Waals surface area contributed by atoms with Gasteiger partial charge in [0.05, 0.1) is 23.8 Å². The van der Waals surface area contributed by atoms with Gasteiger partial charge in [-0.2, -0.15) is 5.10 Å². The third kappa shape index (κ3) is 3.77. The lowest BCUT2D eigenvalue weighted by atomic mass is 10.2. The van der Waals surface area contributed by atoms with Gasteiger partial charge in [0.25, 0.3) is 5.91 Å². The molecule has 0 aliphatic heterocycles. The van der Waals surface area contributed by atoms with E-state index in [1.54, 1.807) is 41.0 Å². The van der Waals surface area contributed by atoms with E-state index in [1.165, 1.54) is 6.20 Å². The molecule has 1 aromatic carbocycles. The lowest BCUT2D eigenvalue weighted by molar-refractivity contribution is -0.144. The van der Waals surface area contributed by atoms with Crippen molar-refractivity contribution in [3.05, 3.63) is 66.0 Å². The molecule has 2 heterocycles. The summed E-state index contributed by atoms with van der Waals surface area (Å²) in [7, 11) is 0. The van der Waals surface area contributed by atoms with Crippen LogP contribution in [-0.2, 0) is 4.79 Å². The molecule has 0 radical (unpaired) electrons. The van der Waals surface area contributed by atoms with Crippen LogP contribution in [0.25, 0.3) is 5.52 Å². The van der Waals surface area contributed by atoms with Gasteiger partial charge in [0.1, 0.15) is 5.75 Å². The van der Waals surface area contributed by atoms with Gasteiger partial charge in [0.15, 0.2) is 0 Å². The van der Waals surface area contributed by atoms with E-state index >= 15 is 0 Å². The van der Waals surface area contributed by atoms with Gasteiger partial charge in [-0.1, -0.05) is 18.2 Å². The average Bonchev–Trinajstić information content (AvgIpc) is 3.02. The van der Waals surface area contributed by atoms with Crippen molar-refractivity contribution >= 4 is 17.4 Å². The molecule has 2 N–H and O–H groups in total. The first-order valence-electron chi connectivity index (χ1n) is 7.71. The van der Waals surface area contributed by atoms with Crippen LogP contribution in [0, 0.1) is 6.92 Å². The molecule has 3 rings (SSSR count). The van der Waals surface area contributed by atoms with Crippen LogP contribution in [0.3, 0.4) is 0 Å². The first-order chi connectivity index (χ1) is 12.0. The van der Waals surface area contributed by atoms with E-state index in [9.17, 15) is 14.7 Å². The first-order valence-corrected chi connectivity index (χ1v) is 7.71. The molecule has 7 heteroatoms. The van der Waals surface area contributed by atoms with E-state index < -0.39 is 18.0 Å². The third-order valence-corrected chi connectivity index (χ3v) is 3.67. The van der Waals surface area contributed by atoms with E-state index in [-0.39, 0.29) is 6.54 Å². The number of carboxylic acids is 1. The summed E-state index contributed by atoms with van der Waals surface area (Å²) in [6.45, 7) is 1.76. The molecule has 25 heavy (non-hydrogen) atoms. The zero-order chi connectivity index (χ0) is 17.8. The van der Waals surface area contributed by atoms with E-state index in [2.05, 4.69) is 10.4 Å². The number of ether oxygens (including phenoxy) is 1. The summed E-state index contributed by atoms with van der Waals surface area (Å²) in [5.74, 6) is -1.13. The molecule has 2 aromatic heterocycles. The first kappa shape index (κ1) is 16.5. The normalized spacial score (nSPS) is 11.9. The van der Waals surface area contributed by atoms with E-state index in [1.807, 2.05) is 19.1 Å². The highest BCUT2D eigenvalue weighted by atomic mass is 16.5. The van der Waals surface area contributed by atoms with Crippen LogP contribution in [0.4, 0.5) is 0 Å². The Morgan fingerprint density at radius 2 is 2.04 bits per heavy atom. The van der Waals surface area contributed by atoms with Gasteiger partial charge < -0.3 is 15.2 Å². The lowest BCUT2D eigenvalue weighted by Gasteiger charge is -2.15. The highest BCUT2D eigenvalue weighted by Crippen LogP contribution is 2.13. The molecular formula is C18H17N3O4. The molecule has 0 aliphatic rings. The summed E-state index contributed by atoms with van der Waals surface area (Å²) >= 11 is 0. The number of hydrogen-bond donors (Lipinski definition) is 2. The Kier molecular flexibility index (Phi) is 4.65. The molecule has 7 nitrogen and oxygen atoms in total. The van der Waals surface area contributed by atoms with Crippen molar-refractivity contribution in [1.29, 1.82) is 0 Å². The minimum absolute atomic E-state index is 0.160. The molecule has 0 bridgehead atoms. The fourth-order valence-electron chi connectivity index (χ4n) is 2.38. The van der Waals surface area contributed by atoms with Crippen molar-refractivity contribution in [1.82, 2.24) is 14.9 Å². The highest BCUT2D eigenvalue weighted by Gasteiger charge is 2.21. The summed E-state index contributed by atoms with van der Waals surface area (Å²) in [5, 5.41) is 16.0. The number of aliphatic carboxylic acids is 1. The minimum Gasteiger partial charge on any atom is -0.478 e. The Hall–Kier alpha value is -3.35. The van der Waals surface area contributed by atoms with E-state index in [0.717, 1.165) is 5.56 Å². The van der Waals surface area contributed by atoms with Crippen molar-refractivity contribution < 1.29 is 19.4 Å². The molecule has 128 valence electrons. The maximum atomic E-state index is 12.4. The molecule has 0 unspecified atom stereocenters. The van der Waals surface area contributed by atoms with Gasteiger partial charge in [0.2, 0.25) is 6.10 Å². The van der Waals surface area contributed by atoms with Crippen LogP contribution in [0.2, 0.25) is 0 Å². The number of carbonyl (C=O) groups is 2. The number of rotatable bonds is 6. The van der Waals surface area contributed by atoms with Crippen molar-refractivity contribution in [2.75, 3.05) is 6.54 Å². The maximum Gasteiger partial charge on any atom is 0.346 e. The van der Waals surface area contributed by atoms with E-state index in [4.69, 9.17) is 4.74 Å². The maximum absolute atomic E-state index is 12.4. The zero-order valence-electron chi connectivity index (χ0n) is 13.5. The largest absolute Gasteiger partial charge is 0.478 e. The van der Waals surface area contributed by atoms with Gasteiger partial charge >= 0.3 is 5.97 Å². The number of benzene rings is 1. The number of pyridine rings is 1. The van der Waals surface area contributed by atoms with Crippen LogP contribution < -0.4 is 10.1 Å². The smallest absolute Gasteiger partial charge is 0.346 e. The van der Waals surface area contributed by atoms with Gasteiger partial charge in [-0.05, 0) is 36.8 Å². The van der Waals surface area contributed by atoms with Crippen LogP contribution in [0.5, 0.6) is 5.75 Å². The Labute approximate surface area is 143 Å². The number of aromatic nitrogens is 2. The van der Waals surface area contributed by atoms with Crippen molar-refractivity contribution in [3.8, 4) is 5.75 Å². The second-order valence-corrected chi connectivity index (χ2v) is 5.56. The molecule has 3 aromatic rings. The second kappa shape index (κ2) is 7.04. The SMILES string of the molecule is Cc1ccn2ncc(C(=O)NC[C@@H](Oc3ccccc3)C(=O)O)c2c1. The molecule has 1 amide bonds. The molecule has 0 spiro atoms. The van der Waals surface area contributed by atoms with Gasteiger partial charge in [-0.25, -0.2) is 9.31 Å². The number of hydrogen-bond acceptors (Lipinski definition) is 4. The molecule has 0 fully saturated rings. The molecule has 0 saturated heterocycles. The van der Waals surface area contributed by atoms with Gasteiger partial charge in [-0.15, -0.1) is 0 Å². The molecule has 0 saturated carbocycles. The Bertz CT molecular complexity index is 905. The number of fused-ring (bicyclic) bond motifs is 1. The lowest BCUT2D eigenvalue weighted by Crippen LogP contribution is -2.40. The Balaban J connectivity index is 1.70. The fourth-order valence-corrected chi connectivity index (χ4v) is 2.38. The number of carbonyl (C=O) groups excluding carboxylic acids is 1. The topological polar surface area (TPSA) is 92.9 Å². The molecular weight excluding hydrogens is 322 g/mol. The number of para-hydroxylation sites is 1. The number of nitrogens with zero attached hydrogens (tertiary/aromatic N) is 2. The fraction of sp³-hybridized carbons (Fsp3) is 0.167. The Morgan fingerprint density at radius 3 is 2.76 bits per heavy atom. The predicted molar refractivity (Wildman–Crippen MR) is 90.8 cm³/mol. The standard InChI is InChI=1S/C18H17N3O4/c1-12-7-8-21-15(9-12)14(10-20-21)17(22)19-11-16(18(23)24)25-13-5-3-2-4-6-13/h2-10,16H,11H2,1H3,(H,19,22)(H,23,24)/t16-/m1/s1. The average molecular weight is 339 g/mol. The van der Waals surface area contributed by atoms with Crippen LogP contribution in [0.15, 0.2) is 54.9 Å². The number of nitrogens with one attached hydrogen (secondary N) is 1. The zero-order valence-corrected chi connectivity index (χ0v) is 13.5. The van der Waals surface area contributed by atoms with Crippen LogP contribution in [0.1, 0.15) is 15.9 Å². The highest BCUT2D eigenvalue weighted by molar-refractivity contribution is 6.00. The van der Waals surface area contributed by atoms with Crippen molar-refractivity contribution in [2.24, 2.45) is 0 Å². The molecule has 1 atom stereocenters. The third-order valence-electron chi connectivity index (χ3n) is 3.67. The minimum atomic E-state index is -1.19. The summed E-state index contributed by atoms with van der Waals surface area (Å²) in [6, 6.07) is 12.3. The number of aryl methyl sites for hydroxylation is 1. The summed E-state index contributed by atoms with van der Waals surface area (Å²) in [6.07, 6.45) is 2.03. The van der Waals surface area contributed by atoms with Crippen molar-refractivity contribution in [3.63, 3.8) is 0 Å². The predicted octanol–water partition coefficient (Wildman–Crippen LogP) is 1.90. The second-order valence-electron chi connectivity index (χ2n) is 5.56. The van der Waals surface area contributed by atoms with Gasteiger partial charge in [0, 0.05) is 6.20 Å². The quantitative estimate of drug-likeness (QED) is 0.715. The summed E-state index contributed by atoms with van der Waals surface area (Å²) in [5.41, 5.74) is 2.04. The number of amides is 1. The van der Waals surface area contributed by atoms with Crippen molar-refractivity contribution in [2.45, 2.75) is 13.0 Å². The van der Waals surface area contributed by atoms with Crippen LogP contribution in [-0.4, -0.2) is 39.2 Å². The van der Waals surface area contributed by atoms with Crippen LogP contribution >= 0.6 is 0 Å². The molecule has 0 aliphatic carbocycles. The summed E-state index contributed by atoms with van der Waals surface area (Å²) < 4.78 is 7.01. The van der Waals surface area contributed by atoms with Gasteiger partial charge in [-0.3, -0.25) is 4.79 Å². The Morgan fingerprint density at radius 1 is 1.28 bits per heavy atom. The monoisotopic (exact) mass is 339 g/mol. The summed E-state index contributed by atoms with van der Waals surface area (Å²) in [4.78, 5) is 23.8. The number of carboxylic acid groups (broad SMARTS) is 1.